The van der Waals surface area contributed by atoms with Gasteiger partial charge in [-0.2, -0.15) is 8.78 Å². The highest BCUT2D eigenvalue weighted by Gasteiger charge is 2.51. The first-order valence-corrected chi connectivity index (χ1v) is 7.41. The molecule has 0 bridgehead atoms. The topological polar surface area (TPSA) is 35.5 Å². The molecular formula is C13H14F2O3S2. The lowest BCUT2D eigenvalue weighted by atomic mass is 10.0. The van der Waals surface area contributed by atoms with Gasteiger partial charge in [-0.25, -0.2) is 4.79 Å². The summed E-state index contributed by atoms with van der Waals surface area (Å²) in [6, 6.07) is 7.72. The normalized spacial score (nSPS) is 12.6. The quantitative estimate of drug-likeness (QED) is 0.612. The molecule has 0 aliphatic rings. The van der Waals surface area contributed by atoms with Crippen LogP contribution in [0.2, 0.25) is 0 Å². The number of thioether (sulfide) groups is 1. The minimum Gasteiger partial charge on any atom is -0.463 e. The first-order chi connectivity index (χ1) is 9.43. The highest BCUT2D eigenvalue weighted by atomic mass is 32.2. The molecule has 0 N–H and O–H groups in total. The summed E-state index contributed by atoms with van der Waals surface area (Å²) in [5.74, 6) is -5.45. The van der Waals surface area contributed by atoms with E-state index in [2.05, 4.69) is 4.74 Å². The summed E-state index contributed by atoms with van der Waals surface area (Å²) < 4.78 is 37.8. The van der Waals surface area contributed by atoms with Gasteiger partial charge < -0.3 is 9.47 Å². The molecule has 3 nitrogen and oxygen atoms in total. The van der Waals surface area contributed by atoms with Crippen LogP contribution in [0, 0.1) is 0 Å². The molecule has 0 saturated carbocycles. The highest BCUT2D eigenvalue weighted by Crippen LogP contribution is 2.36. The third kappa shape index (κ3) is 4.14. The molecule has 0 spiro atoms. The zero-order valence-corrected chi connectivity index (χ0v) is 12.6. The molecular weight excluding hydrogens is 306 g/mol. The molecule has 0 saturated heterocycles. The van der Waals surface area contributed by atoms with Crippen molar-refractivity contribution in [1.29, 1.82) is 0 Å². The maximum absolute atomic E-state index is 14.2. The van der Waals surface area contributed by atoms with E-state index in [1.807, 2.05) is 0 Å². The molecule has 0 fully saturated rings. The Balaban J connectivity index is 3.10. The first kappa shape index (κ1) is 16.8. The fraction of sp³-hybridized carbons (Fsp3) is 0.385. The van der Waals surface area contributed by atoms with Gasteiger partial charge in [0.1, 0.15) is 0 Å². The highest BCUT2D eigenvalue weighted by molar-refractivity contribution is 8.22. The number of thiocarbonyl (C=S) groups is 1. The third-order valence-electron chi connectivity index (χ3n) is 2.36. The number of hydrogen-bond donors (Lipinski definition) is 0. The first-order valence-electron chi connectivity index (χ1n) is 5.78. The maximum Gasteiger partial charge on any atom is 0.382 e. The van der Waals surface area contributed by atoms with E-state index in [4.69, 9.17) is 17.0 Å². The molecule has 0 aliphatic carbocycles. The summed E-state index contributed by atoms with van der Waals surface area (Å²) in [6.07, 6.45) is -0.199. The van der Waals surface area contributed by atoms with Crippen LogP contribution < -0.4 is 0 Å². The van der Waals surface area contributed by atoms with Gasteiger partial charge >= 0.3 is 11.9 Å². The number of carbonyl (C=O) groups excluding carboxylic acids is 1. The summed E-state index contributed by atoms with van der Waals surface area (Å²) in [6.45, 7) is 1.32. The second kappa shape index (κ2) is 7.54. The van der Waals surface area contributed by atoms with Crippen LogP contribution in [-0.4, -0.2) is 29.1 Å². The molecule has 1 atom stereocenters. The minimum atomic E-state index is -3.82. The van der Waals surface area contributed by atoms with Crippen LogP contribution in [0.5, 0.6) is 0 Å². The monoisotopic (exact) mass is 320 g/mol. The molecule has 110 valence electrons. The predicted molar refractivity (Wildman–Crippen MR) is 78.0 cm³/mol. The maximum atomic E-state index is 14.2. The van der Waals surface area contributed by atoms with Crippen molar-refractivity contribution >= 4 is 34.3 Å². The summed E-state index contributed by atoms with van der Waals surface area (Å²) in [4.78, 5) is 11.4. The number of benzene rings is 1. The van der Waals surface area contributed by atoms with Crippen molar-refractivity contribution < 1.29 is 23.0 Å². The van der Waals surface area contributed by atoms with E-state index in [0.717, 1.165) is 11.8 Å². The number of halogens is 2. The molecule has 1 aromatic carbocycles. The number of carbonyl (C=O) groups is 1. The number of rotatable bonds is 5. The standard InChI is InChI=1S/C13H14F2O3S2/c1-3-17-11(16)13(14,15)10(18-12(19)20-2)9-7-5-4-6-8-9/h4-8,10H,3H2,1-2H3. The van der Waals surface area contributed by atoms with Crippen LogP contribution in [0.15, 0.2) is 30.3 Å². The van der Waals surface area contributed by atoms with Gasteiger partial charge in [0.25, 0.3) is 0 Å². The number of alkyl halides is 2. The molecule has 7 heteroatoms. The Labute approximate surface area is 125 Å². The van der Waals surface area contributed by atoms with Crippen LogP contribution in [-0.2, 0) is 14.3 Å². The van der Waals surface area contributed by atoms with Gasteiger partial charge in [0.15, 0.2) is 6.10 Å². The Bertz CT molecular complexity index is 466. The molecule has 1 rings (SSSR count). The van der Waals surface area contributed by atoms with Crippen molar-refractivity contribution in [1.82, 2.24) is 0 Å². The van der Waals surface area contributed by atoms with Crippen molar-refractivity contribution in [3.8, 4) is 0 Å². The van der Waals surface area contributed by atoms with E-state index in [1.54, 1.807) is 24.5 Å². The second-order valence-electron chi connectivity index (χ2n) is 3.71. The Hall–Kier alpha value is -1.21. The van der Waals surface area contributed by atoms with Crippen molar-refractivity contribution in [3.63, 3.8) is 0 Å². The average Bonchev–Trinajstić information content (AvgIpc) is 2.45. The SMILES string of the molecule is CCOC(=O)C(F)(F)C(OC(=S)SC)c1ccccc1. The van der Waals surface area contributed by atoms with E-state index < -0.39 is 18.0 Å². The molecule has 0 radical (unpaired) electrons. The van der Waals surface area contributed by atoms with Crippen LogP contribution in [0.4, 0.5) is 8.78 Å². The van der Waals surface area contributed by atoms with Gasteiger partial charge in [0, 0.05) is 0 Å². The molecule has 0 amide bonds. The fourth-order valence-corrected chi connectivity index (χ4v) is 1.75. The lowest BCUT2D eigenvalue weighted by Gasteiger charge is -2.25. The van der Waals surface area contributed by atoms with Crippen LogP contribution in [0.25, 0.3) is 0 Å². The molecule has 20 heavy (non-hydrogen) atoms. The largest absolute Gasteiger partial charge is 0.463 e. The smallest absolute Gasteiger partial charge is 0.382 e. The molecule has 1 unspecified atom stereocenters. The Morgan fingerprint density at radius 3 is 2.50 bits per heavy atom. The van der Waals surface area contributed by atoms with Gasteiger partial charge in [-0.1, -0.05) is 42.1 Å². The molecule has 0 heterocycles. The number of esters is 1. The van der Waals surface area contributed by atoms with Gasteiger partial charge in [-0.05, 0) is 31.0 Å². The minimum absolute atomic E-state index is 0.0668. The number of hydrogen-bond acceptors (Lipinski definition) is 5. The predicted octanol–water partition coefficient (Wildman–Crippen LogP) is 3.59. The van der Waals surface area contributed by atoms with Crippen LogP contribution in [0.3, 0.4) is 0 Å². The van der Waals surface area contributed by atoms with Crippen molar-refractivity contribution in [3.05, 3.63) is 35.9 Å². The fourth-order valence-electron chi connectivity index (χ4n) is 1.46. The van der Waals surface area contributed by atoms with Crippen molar-refractivity contribution in [2.24, 2.45) is 0 Å². The van der Waals surface area contributed by atoms with Crippen LogP contribution >= 0.6 is 24.0 Å². The summed E-state index contributed by atoms with van der Waals surface area (Å²) in [5.41, 5.74) is 0.155. The van der Waals surface area contributed by atoms with Crippen molar-refractivity contribution in [2.75, 3.05) is 12.9 Å². The molecule has 0 aromatic heterocycles. The number of ether oxygens (including phenoxy) is 2. The van der Waals surface area contributed by atoms with Gasteiger partial charge in [0.05, 0.1) is 6.61 Å². The lowest BCUT2D eigenvalue weighted by Crippen LogP contribution is -2.39. The van der Waals surface area contributed by atoms with E-state index in [9.17, 15) is 13.6 Å². The lowest BCUT2D eigenvalue weighted by molar-refractivity contribution is -0.187. The Kier molecular flexibility index (Phi) is 6.35. The zero-order chi connectivity index (χ0) is 15.2. The van der Waals surface area contributed by atoms with Gasteiger partial charge in [-0.15, -0.1) is 0 Å². The third-order valence-corrected chi connectivity index (χ3v) is 3.39. The Morgan fingerprint density at radius 2 is 2.00 bits per heavy atom. The Morgan fingerprint density at radius 1 is 1.40 bits per heavy atom. The van der Waals surface area contributed by atoms with E-state index in [1.165, 1.54) is 19.1 Å². The van der Waals surface area contributed by atoms with E-state index >= 15 is 0 Å². The van der Waals surface area contributed by atoms with Crippen LogP contribution in [0.1, 0.15) is 18.6 Å². The van der Waals surface area contributed by atoms with E-state index in [0.29, 0.717) is 0 Å². The summed E-state index contributed by atoms with van der Waals surface area (Å²) >= 11 is 5.82. The van der Waals surface area contributed by atoms with Crippen molar-refractivity contribution in [2.45, 2.75) is 19.0 Å². The van der Waals surface area contributed by atoms with Gasteiger partial charge in [0.2, 0.25) is 4.38 Å². The second-order valence-corrected chi connectivity index (χ2v) is 5.11. The average molecular weight is 320 g/mol. The zero-order valence-electron chi connectivity index (χ0n) is 11.0. The summed E-state index contributed by atoms with van der Waals surface area (Å²) in [7, 11) is 0. The summed E-state index contributed by atoms with van der Waals surface area (Å²) in [5, 5.41) is 0. The van der Waals surface area contributed by atoms with E-state index in [-0.39, 0.29) is 16.6 Å². The molecule has 0 aliphatic heterocycles. The van der Waals surface area contributed by atoms with Gasteiger partial charge in [-0.3, -0.25) is 0 Å². The molecule has 1 aromatic rings.